The van der Waals surface area contributed by atoms with Gasteiger partial charge >= 0.3 is 12.1 Å². The Bertz CT molecular complexity index is 1920. The van der Waals surface area contributed by atoms with Crippen LogP contribution in [0.25, 0.3) is 0 Å². The van der Waals surface area contributed by atoms with Crippen LogP contribution < -0.4 is 29.7 Å². The van der Waals surface area contributed by atoms with Gasteiger partial charge in [0.2, 0.25) is 5.91 Å². The van der Waals surface area contributed by atoms with Gasteiger partial charge in [-0.2, -0.15) is 0 Å². The minimum atomic E-state index is -0.619. The molecule has 15 heteroatoms. The van der Waals surface area contributed by atoms with Crippen LogP contribution in [0.4, 0.5) is 16.2 Å². The van der Waals surface area contributed by atoms with Gasteiger partial charge in [0.25, 0.3) is 11.8 Å². The lowest BCUT2D eigenvalue weighted by atomic mass is 10.1. The first-order valence-electron chi connectivity index (χ1n) is 20.6. The second kappa shape index (κ2) is 23.1. The van der Waals surface area contributed by atoms with Crippen molar-refractivity contribution in [2.24, 2.45) is 0 Å². The first-order chi connectivity index (χ1) is 28.6. The van der Waals surface area contributed by atoms with Crippen molar-refractivity contribution in [1.82, 2.24) is 15.1 Å². The molecule has 3 aromatic carbocycles. The van der Waals surface area contributed by atoms with E-state index in [0.717, 1.165) is 51.0 Å². The van der Waals surface area contributed by atoms with Crippen molar-refractivity contribution in [3.8, 4) is 17.2 Å². The summed E-state index contributed by atoms with van der Waals surface area (Å²) in [7, 11) is 3.71. The van der Waals surface area contributed by atoms with E-state index < -0.39 is 30.2 Å². The lowest BCUT2D eigenvalue weighted by Gasteiger charge is -2.32. The van der Waals surface area contributed by atoms with Crippen LogP contribution in [0.2, 0.25) is 0 Å². The van der Waals surface area contributed by atoms with E-state index in [4.69, 9.17) is 23.7 Å². The summed E-state index contributed by atoms with van der Waals surface area (Å²) in [6, 6.07) is 16.9. The molecular formula is C45H61N5O10. The number of piperazine rings is 1. The summed E-state index contributed by atoms with van der Waals surface area (Å²) in [5, 5.41) is 5.51. The summed E-state index contributed by atoms with van der Waals surface area (Å²) in [6.45, 7) is 13.0. The number of aryl methyl sites for hydroxylation is 1. The number of likely N-dealkylation sites (N-methyl/N-ethyl adjacent to an activating group) is 1. The number of carbonyl (C=O) groups is 5. The van der Waals surface area contributed by atoms with E-state index in [1.54, 1.807) is 65.1 Å². The zero-order valence-corrected chi connectivity index (χ0v) is 36.1. The number of nitrogens with zero attached hydrogens (tertiary/aromatic N) is 3. The highest BCUT2D eigenvalue weighted by atomic mass is 16.6. The Hall–Kier alpha value is -5.83. The number of hydrogen-bond donors (Lipinski definition) is 2. The number of hydrogen-bond acceptors (Lipinski definition) is 11. The number of amides is 4. The van der Waals surface area contributed by atoms with Crippen LogP contribution in [0.3, 0.4) is 0 Å². The molecular weight excluding hydrogens is 771 g/mol. The molecule has 0 bridgehead atoms. The number of para-hydroxylation sites is 1. The summed E-state index contributed by atoms with van der Waals surface area (Å²) >= 11 is 0. The van der Waals surface area contributed by atoms with Crippen LogP contribution in [0.1, 0.15) is 86.1 Å². The Balaban J connectivity index is 1.40. The molecule has 1 aliphatic rings. The summed E-state index contributed by atoms with van der Waals surface area (Å²) in [6.07, 6.45) is 2.81. The monoisotopic (exact) mass is 831 g/mol. The van der Waals surface area contributed by atoms with E-state index in [0.29, 0.717) is 43.2 Å². The molecule has 4 rings (SSSR count). The van der Waals surface area contributed by atoms with Gasteiger partial charge in [-0.05, 0) is 115 Å². The Kier molecular flexibility index (Phi) is 18.0. The molecule has 326 valence electrons. The molecule has 1 fully saturated rings. The second-order valence-corrected chi connectivity index (χ2v) is 15.6. The van der Waals surface area contributed by atoms with Gasteiger partial charge in [0, 0.05) is 51.8 Å². The number of benzene rings is 3. The number of esters is 1. The minimum Gasteiger partial charge on any atom is -0.493 e. The number of anilines is 2. The molecule has 1 aliphatic heterocycles. The minimum absolute atomic E-state index is 0.0775. The lowest BCUT2D eigenvalue weighted by molar-refractivity contribution is -0.145. The van der Waals surface area contributed by atoms with E-state index >= 15 is 0 Å². The van der Waals surface area contributed by atoms with Crippen LogP contribution in [0, 0.1) is 6.92 Å². The maximum absolute atomic E-state index is 14.0. The van der Waals surface area contributed by atoms with Crippen LogP contribution in [-0.2, 0) is 19.1 Å². The molecule has 60 heavy (non-hydrogen) atoms. The quantitative estimate of drug-likeness (QED) is 0.0947. The van der Waals surface area contributed by atoms with Gasteiger partial charge in [0.1, 0.15) is 22.8 Å². The number of unbranched alkanes of at least 4 members (excludes halogenated alkanes) is 2. The smallest absolute Gasteiger partial charge is 0.407 e. The Morgan fingerprint density at radius 1 is 0.800 bits per heavy atom. The molecule has 0 radical (unpaired) electrons. The first-order valence-corrected chi connectivity index (χ1v) is 20.6. The highest BCUT2D eigenvalue weighted by molar-refractivity contribution is 6.09. The van der Waals surface area contributed by atoms with Gasteiger partial charge in [0.15, 0.2) is 6.61 Å². The van der Waals surface area contributed by atoms with Gasteiger partial charge in [-0.25, -0.2) is 9.59 Å². The standard InChI is InChI=1S/C45H61N5O10/c1-8-56-41(52)31-59-38-30-33(19-20-35(38)47-42(53)34-15-11-12-16-37(34)57-28-14-22-46-44(55)60-45(3,4)5)43(54)49(7)36-21-18-32(2)29-39(36)58-27-13-9-10-17-40(51)50-25-23-48(6)24-26-50/h11-12,15-16,18-21,29-30H,8-10,13-14,17,22-28,31H2,1-7H3,(H,46,55)(H,47,53). The molecule has 3 aromatic rings. The lowest BCUT2D eigenvalue weighted by Crippen LogP contribution is -2.47. The third-order valence-electron chi connectivity index (χ3n) is 9.44. The highest BCUT2D eigenvalue weighted by Gasteiger charge is 2.23. The second-order valence-electron chi connectivity index (χ2n) is 15.6. The molecule has 0 spiro atoms. The summed E-state index contributed by atoms with van der Waals surface area (Å²) in [5.41, 5.74) is 1.59. The third kappa shape index (κ3) is 15.1. The van der Waals surface area contributed by atoms with Crippen LogP contribution in [-0.4, -0.2) is 118 Å². The van der Waals surface area contributed by atoms with Gasteiger partial charge in [0.05, 0.1) is 36.8 Å². The summed E-state index contributed by atoms with van der Waals surface area (Å²) in [4.78, 5) is 70.2. The molecule has 2 N–H and O–H groups in total. The molecule has 4 amide bonds. The molecule has 1 saturated heterocycles. The third-order valence-corrected chi connectivity index (χ3v) is 9.44. The zero-order chi connectivity index (χ0) is 43.7. The molecule has 0 aliphatic carbocycles. The topological polar surface area (TPSA) is 165 Å². The van der Waals surface area contributed by atoms with Gasteiger partial charge in [-0.1, -0.05) is 18.2 Å². The van der Waals surface area contributed by atoms with Crippen LogP contribution in [0.5, 0.6) is 17.2 Å². The van der Waals surface area contributed by atoms with Crippen molar-refractivity contribution in [2.75, 3.05) is 83.5 Å². The van der Waals surface area contributed by atoms with Gasteiger partial charge in [-0.15, -0.1) is 0 Å². The number of carbonyl (C=O) groups excluding carboxylic acids is 5. The number of nitrogens with one attached hydrogen (secondary N) is 2. The van der Waals surface area contributed by atoms with Gasteiger partial charge < -0.3 is 49.0 Å². The maximum atomic E-state index is 14.0. The average Bonchev–Trinajstić information content (AvgIpc) is 3.21. The van der Waals surface area contributed by atoms with Crippen molar-refractivity contribution in [2.45, 2.75) is 72.3 Å². The Labute approximate surface area is 353 Å². The van der Waals surface area contributed by atoms with Crippen molar-refractivity contribution in [3.05, 3.63) is 77.4 Å². The van der Waals surface area contributed by atoms with E-state index in [2.05, 4.69) is 22.6 Å². The molecule has 1 heterocycles. The van der Waals surface area contributed by atoms with Crippen LogP contribution in [0.15, 0.2) is 60.7 Å². The largest absolute Gasteiger partial charge is 0.493 e. The fourth-order valence-corrected chi connectivity index (χ4v) is 6.21. The van der Waals surface area contributed by atoms with E-state index in [1.807, 2.05) is 30.0 Å². The summed E-state index contributed by atoms with van der Waals surface area (Å²) in [5.74, 6) is -0.378. The van der Waals surface area contributed by atoms with E-state index in [-0.39, 0.29) is 47.6 Å². The Morgan fingerprint density at radius 3 is 2.25 bits per heavy atom. The molecule has 15 nitrogen and oxygen atoms in total. The Morgan fingerprint density at radius 2 is 1.52 bits per heavy atom. The normalized spacial score (nSPS) is 12.9. The highest BCUT2D eigenvalue weighted by Crippen LogP contribution is 2.33. The maximum Gasteiger partial charge on any atom is 0.407 e. The molecule has 0 unspecified atom stereocenters. The van der Waals surface area contributed by atoms with Crippen LogP contribution >= 0.6 is 0 Å². The first kappa shape index (κ1) is 46.9. The molecule has 0 atom stereocenters. The van der Waals surface area contributed by atoms with Crippen molar-refractivity contribution < 1.29 is 47.7 Å². The average molecular weight is 832 g/mol. The van der Waals surface area contributed by atoms with Gasteiger partial charge in [-0.3, -0.25) is 14.4 Å². The SMILES string of the molecule is CCOC(=O)COc1cc(C(=O)N(C)c2ccc(C)cc2OCCCCCC(=O)N2CCN(C)CC2)ccc1NC(=O)c1ccccc1OCCCNC(=O)OC(C)(C)C. The number of ether oxygens (including phenoxy) is 5. The predicted molar refractivity (Wildman–Crippen MR) is 229 cm³/mol. The fraction of sp³-hybridized carbons (Fsp3) is 0.489. The van der Waals surface area contributed by atoms with Crippen molar-refractivity contribution >= 4 is 41.2 Å². The number of alkyl carbamates (subject to hydrolysis) is 1. The zero-order valence-electron chi connectivity index (χ0n) is 36.1. The van der Waals surface area contributed by atoms with Crippen molar-refractivity contribution in [3.63, 3.8) is 0 Å². The summed E-state index contributed by atoms with van der Waals surface area (Å²) < 4.78 is 28.2. The van der Waals surface area contributed by atoms with E-state index in [1.165, 1.54) is 17.0 Å². The molecule has 0 aromatic heterocycles. The van der Waals surface area contributed by atoms with E-state index in [9.17, 15) is 24.0 Å². The fourth-order valence-electron chi connectivity index (χ4n) is 6.21. The predicted octanol–water partition coefficient (Wildman–Crippen LogP) is 6.47. The molecule has 0 saturated carbocycles. The number of rotatable bonds is 20. The van der Waals surface area contributed by atoms with Crippen molar-refractivity contribution in [1.29, 1.82) is 0 Å².